The summed E-state index contributed by atoms with van der Waals surface area (Å²) in [5, 5.41) is 10.5. The number of amides is 2. The molecule has 0 spiro atoms. The monoisotopic (exact) mass is 331 g/mol. The Balaban J connectivity index is 1.87. The number of non-ortho nitro benzene ring substituents is 1. The lowest BCUT2D eigenvalue weighted by Crippen LogP contribution is -2.40. The molecule has 7 nitrogen and oxygen atoms in total. The predicted molar refractivity (Wildman–Crippen MR) is 86.8 cm³/mol. The Labute approximate surface area is 135 Å². The number of nitro groups is 1. The van der Waals surface area contributed by atoms with Crippen molar-refractivity contribution in [3.05, 3.63) is 67.9 Å². The molecule has 1 heterocycles. The number of nitrogens with one attached hydrogen (secondary N) is 2. The molecule has 2 N–H and O–H groups in total. The smallest absolute Gasteiger partial charge is 0.268 e. The van der Waals surface area contributed by atoms with Crippen LogP contribution in [0.25, 0.3) is 6.08 Å². The van der Waals surface area contributed by atoms with E-state index in [2.05, 4.69) is 10.9 Å². The third-order valence-electron chi connectivity index (χ3n) is 2.80. The summed E-state index contributed by atoms with van der Waals surface area (Å²) in [6, 6.07) is 8.89. The lowest BCUT2D eigenvalue weighted by molar-refractivity contribution is -0.384. The van der Waals surface area contributed by atoms with Crippen LogP contribution in [0.3, 0.4) is 0 Å². The molecule has 2 rings (SSSR count). The van der Waals surface area contributed by atoms with Crippen molar-refractivity contribution in [2.75, 3.05) is 0 Å². The second-order valence-corrected chi connectivity index (χ2v) is 5.85. The maximum atomic E-state index is 11.8. The third kappa shape index (κ3) is 4.75. The van der Waals surface area contributed by atoms with E-state index in [0.29, 0.717) is 0 Å². The molecule has 0 radical (unpaired) electrons. The van der Waals surface area contributed by atoms with E-state index in [1.165, 1.54) is 30.3 Å². The van der Waals surface area contributed by atoms with Crippen LogP contribution >= 0.6 is 11.3 Å². The Kier molecular flexibility index (Phi) is 5.21. The molecule has 1 aromatic carbocycles. The fourth-order valence-corrected chi connectivity index (χ4v) is 2.45. The fourth-order valence-electron chi connectivity index (χ4n) is 1.67. The summed E-state index contributed by atoms with van der Waals surface area (Å²) in [7, 11) is 0. The molecule has 0 aliphatic rings. The molecule has 0 aliphatic carbocycles. The van der Waals surface area contributed by atoms with Crippen LogP contribution in [0.4, 0.5) is 5.69 Å². The van der Waals surface area contributed by atoms with Crippen molar-refractivity contribution in [3.8, 4) is 0 Å². The summed E-state index contributed by atoms with van der Waals surface area (Å²) in [6.45, 7) is 1.96. The highest BCUT2D eigenvalue weighted by Gasteiger charge is 2.09. The summed E-state index contributed by atoms with van der Waals surface area (Å²) < 4.78 is 0. The second-order valence-electron chi connectivity index (χ2n) is 4.53. The second kappa shape index (κ2) is 7.32. The first-order chi connectivity index (χ1) is 11.0. The molecule has 0 saturated heterocycles. The van der Waals surface area contributed by atoms with Crippen molar-refractivity contribution in [1.29, 1.82) is 0 Å². The van der Waals surface area contributed by atoms with Crippen LogP contribution in [-0.4, -0.2) is 16.7 Å². The van der Waals surface area contributed by atoms with Crippen LogP contribution in [0.15, 0.2) is 42.5 Å². The highest BCUT2D eigenvalue weighted by molar-refractivity contribution is 7.12. The first-order valence-corrected chi connectivity index (χ1v) is 7.36. The average Bonchev–Trinajstić information content (AvgIpc) is 2.96. The minimum Gasteiger partial charge on any atom is -0.268 e. The number of nitrogens with zero attached hydrogens (tertiary/aromatic N) is 1. The number of rotatable bonds is 4. The van der Waals surface area contributed by atoms with E-state index in [4.69, 9.17) is 0 Å². The SMILES string of the molecule is Cc1ccc(/C=C/C(=O)NNC(=O)c2ccc([N+](=O)[O-])cc2)s1. The van der Waals surface area contributed by atoms with E-state index in [1.54, 1.807) is 17.4 Å². The molecule has 0 atom stereocenters. The summed E-state index contributed by atoms with van der Waals surface area (Å²) in [6.07, 6.45) is 2.95. The van der Waals surface area contributed by atoms with Crippen molar-refractivity contribution < 1.29 is 14.5 Å². The van der Waals surface area contributed by atoms with Gasteiger partial charge in [-0.25, -0.2) is 0 Å². The fraction of sp³-hybridized carbons (Fsp3) is 0.0667. The van der Waals surface area contributed by atoms with Gasteiger partial charge in [-0.05, 0) is 37.3 Å². The predicted octanol–water partition coefficient (Wildman–Crippen LogP) is 2.44. The van der Waals surface area contributed by atoms with Gasteiger partial charge >= 0.3 is 0 Å². The van der Waals surface area contributed by atoms with E-state index in [-0.39, 0.29) is 11.3 Å². The maximum Gasteiger partial charge on any atom is 0.269 e. The Morgan fingerprint density at radius 3 is 2.39 bits per heavy atom. The summed E-state index contributed by atoms with van der Waals surface area (Å²) >= 11 is 1.55. The Bertz CT molecular complexity index is 765. The Morgan fingerprint density at radius 1 is 1.13 bits per heavy atom. The third-order valence-corrected chi connectivity index (χ3v) is 3.77. The van der Waals surface area contributed by atoms with E-state index >= 15 is 0 Å². The lowest BCUT2D eigenvalue weighted by Gasteiger charge is -2.04. The first-order valence-electron chi connectivity index (χ1n) is 6.55. The van der Waals surface area contributed by atoms with Crippen molar-refractivity contribution >= 4 is 34.9 Å². The summed E-state index contributed by atoms with van der Waals surface area (Å²) in [4.78, 5) is 35.4. The van der Waals surface area contributed by atoms with Gasteiger partial charge in [-0.15, -0.1) is 11.3 Å². The molecule has 0 bridgehead atoms. The molecule has 0 saturated carbocycles. The number of nitro benzene ring substituents is 1. The minimum atomic E-state index is -0.561. The molecule has 23 heavy (non-hydrogen) atoms. The lowest BCUT2D eigenvalue weighted by atomic mass is 10.2. The van der Waals surface area contributed by atoms with Crippen LogP contribution in [0.1, 0.15) is 20.1 Å². The number of hydrogen-bond donors (Lipinski definition) is 2. The highest BCUT2D eigenvalue weighted by Crippen LogP contribution is 2.16. The number of hydrazine groups is 1. The van der Waals surface area contributed by atoms with Crippen LogP contribution in [0.2, 0.25) is 0 Å². The van der Waals surface area contributed by atoms with Crippen molar-refractivity contribution in [3.63, 3.8) is 0 Å². The molecule has 2 amide bonds. The van der Waals surface area contributed by atoms with Crippen LogP contribution in [0, 0.1) is 17.0 Å². The zero-order valence-electron chi connectivity index (χ0n) is 12.1. The number of thiophene rings is 1. The van der Waals surface area contributed by atoms with Crippen molar-refractivity contribution in [1.82, 2.24) is 10.9 Å². The van der Waals surface area contributed by atoms with Gasteiger partial charge in [-0.1, -0.05) is 0 Å². The zero-order chi connectivity index (χ0) is 16.8. The number of benzene rings is 1. The Morgan fingerprint density at radius 2 is 1.83 bits per heavy atom. The van der Waals surface area contributed by atoms with Gasteiger partial charge in [0.05, 0.1) is 4.92 Å². The van der Waals surface area contributed by atoms with E-state index < -0.39 is 16.7 Å². The number of carbonyl (C=O) groups is 2. The Hall–Kier alpha value is -3.00. The number of aryl methyl sites for hydroxylation is 1. The van der Waals surface area contributed by atoms with Gasteiger partial charge < -0.3 is 0 Å². The zero-order valence-corrected chi connectivity index (χ0v) is 12.9. The highest BCUT2D eigenvalue weighted by atomic mass is 32.1. The van der Waals surface area contributed by atoms with Crippen LogP contribution in [0.5, 0.6) is 0 Å². The normalized spacial score (nSPS) is 10.5. The molecule has 118 valence electrons. The van der Waals surface area contributed by atoms with Crippen molar-refractivity contribution in [2.24, 2.45) is 0 Å². The summed E-state index contributed by atoms with van der Waals surface area (Å²) in [5.41, 5.74) is 4.56. The van der Waals surface area contributed by atoms with E-state index in [9.17, 15) is 19.7 Å². The van der Waals surface area contributed by atoms with E-state index in [0.717, 1.165) is 9.75 Å². The molecule has 8 heteroatoms. The minimum absolute atomic E-state index is 0.111. The molecular weight excluding hydrogens is 318 g/mol. The van der Waals surface area contributed by atoms with Gasteiger partial charge in [-0.2, -0.15) is 0 Å². The van der Waals surface area contributed by atoms with Gasteiger partial charge in [0.25, 0.3) is 17.5 Å². The average molecular weight is 331 g/mol. The van der Waals surface area contributed by atoms with Crippen molar-refractivity contribution in [2.45, 2.75) is 6.92 Å². The molecule has 0 aliphatic heterocycles. The van der Waals surface area contributed by atoms with Gasteiger partial charge in [0.15, 0.2) is 0 Å². The largest absolute Gasteiger partial charge is 0.269 e. The summed E-state index contributed by atoms with van der Waals surface area (Å²) in [5.74, 6) is -1.04. The van der Waals surface area contributed by atoms with Gasteiger partial charge in [0.2, 0.25) is 0 Å². The maximum absolute atomic E-state index is 11.8. The molecule has 1 aromatic heterocycles. The number of hydrogen-bond acceptors (Lipinski definition) is 5. The quantitative estimate of drug-likeness (QED) is 0.510. The van der Waals surface area contributed by atoms with E-state index in [1.807, 2.05) is 19.1 Å². The van der Waals surface area contributed by atoms with Crippen LogP contribution < -0.4 is 10.9 Å². The standard InChI is InChI=1S/C15H13N3O4S/c1-10-2-7-13(23-10)8-9-14(19)16-17-15(20)11-3-5-12(6-4-11)18(21)22/h2-9H,1H3,(H,16,19)(H,17,20)/b9-8+. The number of carbonyl (C=O) groups excluding carboxylic acids is 2. The topological polar surface area (TPSA) is 101 Å². The van der Waals surface area contributed by atoms with Crippen LogP contribution in [-0.2, 0) is 4.79 Å². The molecule has 2 aromatic rings. The molecule has 0 fully saturated rings. The van der Waals surface area contributed by atoms with Gasteiger partial charge in [0, 0.05) is 33.5 Å². The van der Waals surface area contributed by atoms with Gasteiger partial charge in [0.1, 0.15) is 0 Å². The molecular formula is C15H13N3O4S. The first kappa shape index (κ1) is 16.4. The molecule has 0 unspecified atom stereocenters. The van der Waals surface area contributed by atoms with Gasteiger partial charge in [-0.3, -0.25) is 30.6 Å².